The van der Waals surface area contributed by atoms with Crippen molar-refractivity contribution in [3.05, 3.63) is 71.3 Å². The smallest absolute Gasteiger partial charge is 0.410 e. The van der Waals surface area contributed by atoms with Gasteiger partial charge in [-0.2, -0.15) is 0 Å². The molecular weight excluding hydrogens is 550 g/mol. The maximum atomic E-state index is 13.1. The number of ether oxygens (including phenoxy) is 1. The fourth-order valence-electron chi connectivity index (χ4n) is 6.89. The van der Waals surface area contributed by atoms with Gasteiger partial charge in [-0.25, -0.2) is 13.6 Å². The highest BCUT2D eigenvalue weighted by Crippen LogP contribution is 2.26. The molecule has 0 aromatic heterocycles. The molecule has 4 saturated heterocycles. The molecule has 4 unspecified atom stereocenters. The minimum atomic E-state index is -0.478. The Kier molecular flexibility index (Phi) is 10.0. The number of piperazine rings is 4. The van der Waals surface area contributed by atoms with Gasteiger partial charge in [-0.15, -0.1) is 0 Å². The van der Waals surface area contributed by atoms with E-state index in [2.05, 4.69) is 39.0 Å². The second-order valence-electron chi connectivity index (χ2n) is 13.7. The number of hydrogen-bond acceptors (Lipinski definition) is 7. The zero-order valence-electron chi connectivity index (χ0n) is 26.3. The highest BCUT2D eigenvalue weighted by atomic mass is 19.1. The lowest BCUT2D eigenvalue weighted by Gasteiger charge is -2.52. The van der Waals surface area contributed by atoms with Gasteiger partial charge in [0.05, 0.1) is 0 Å². The lowest BCUT2D eigenvalue weighted by atomic mass is 9.99. The van der Waals surface area contributed by atoms with Gasteiger partial charge in [0, 0.05) is 89.6 Å². The summed E-state index contributed by atoms with van der Waals surface area (Å²) in [6, 6.07) is 15.3. The highest BCUT2D eigenvalue weighted by Gasteiger charge is 2.41. The molecule has 8 nitrogen and oxygen atoms in total. The average molecular weight is 599 g/mol. The van der Waals surface area contributed by atoms with Gasteiger partial charge in [0.25, 0.3) is 0 Å². The lowest BCUT2D eigenvalue weighted by Crippen LogP contribution is -2.68. The Balaban J connectivity index is 0.000000180. The maximum Gasteiger partial charge on any atom is 0.410 e. The normalized spacial score (nSPS) is 26.9. The second-order valence-corrected chi connectivity index (χ2v) is 13.7. The van der Waals surface area contributed by atoms with Crippen LogP contribution >= 0.6 is 0 Å². The van der Waals surface area contributed by atoms with Crippen LogP contribution in [0.25, 0.3) is 0 Å². The predicted molar refractivity (Wildman–Crippen MR) is 165 cm³/mol. The van der Waals surface area contributed by atoms with Crippen LogP contribution in [0.2, 0.25) is 0 Å². The topological polar surface area (TPSA) is 54.5 Å². The molecule has 4 bridgehead atoms. The first-order valence-corrected chi connectivity index (χ1v) is 15.5. The molecular formula is C33H48F2N6O2. The van der Waals surface area contributed by atoms with E-state index in [0.29, 0.717) is 25.2 Å². The van der Waals surface area contributed by atoms with Gasteiger partial charge < -0.3 is 24.8 Å². The van der Waals surface area contributed by atoms with Crippen LogP contribution in [0.4, 0.5) is 13.6 Å². The van der Waals surface area contributed by atoms with Crippen LogP contribution in [-0.2, 0) is 17.8 Å². The minimum Gasteiger partial charge on any atom is -0.444 e. The molecule has 4 aliphatic rings. The Morgan fingerprint density at radius 3 is 1.53 bits per heavy atom. The SMILES string of the molecule is CN1CC2CN(C(=O)OC(C)(C)C)CC(C1)N2Cc1ccc(F)cc1.CN1CC2CNCC(C1)N2Cc1ccc(F)cc1. The van der Waals surface area contributed by atoms with Gasteiger partial charge in [0.2, 0.25) is 0 Å². The number of halogens is 2. The molecule has 4 fully saturated rings. The van der Waals surface area contributed by atoms with Crippen LogP contribution in [0.1, 0.15) is 31.9 Å². The number of nitrogens with one attached hydrogen (secondary N) is 1. The summed E-state index contributed by atoms with van der Waals surface area (Å²) in [5, 5.41) is 3.50. The Labute approximate surface area is 255 Å². The maximum absolute atomic E-state index is 13.1. The number of benzene rings is 2. The van der Waals surface area contributed by atoms with E-state index in [1.54, 1.807) is 12.1 Å². The first-order chi connectivity index (χ1) is 20.4. The fraction of sp³-hybridized carbons (Fsp3) is 0.606. The standard InChI is InChI=1S/C19H28FN3O2.C14H20FN3/c1-19(2,3)25-18(24)22-12-16-10-21(4)11-17(13-22)23(16)9-14-5-7-15(20)8-6-14;1-17-9-13-6-16-7-14(10-17)18(13)8-11-2-4-12(15)5-3-11/h5-8,16-17H,9-13H2,1-4H3;2-5,13-14,16H,6-10H2,1H3. The van der Waals surface area contributed by atoms with Crippen LogP contribution in [0.15, 0.2) is 48.5 Å². The minimum absolute atomic E-state index is 0.154. The molecule has 4 aliphatic heterocycles. The number of carbonyl (C=O) groups excluding carboxylic acids is 1. The monoisotopic (exact) mass is 598 g/mol. The molecule has 0 aliphatic carbocycles. The van der Waals surface area contributed by atoms with E-state index in [1.165, 1.54) is 17.7 Å². The van der Waals surface area contributed by atoms with Crippen LogP contribution in [0, 0.1) is 11.6 Å². The van der Waals surface area contributed by atoms with E-state index < -0.39 is 5.60 Å². The molecule has 0 radical (unpaired) electrons. The van der Waals surface area contributed by atoms with E-state index in [-0.39, 0.29) is 29.8 Å². The molecule has 6 rings (SSSR count). The lowest BCUT2D eigenvalue weighted by molar-refractivity contribution is -0.0514. The number of nitrogens with zero attached hydrogens (tertiary/aromatic N) is 5. The summed E-state index contributed by atoms with van der Waals surface area (Å²) in [7, 11) is 4.32. The number of likely N-dealkylation sites (N-methyl/N-ethyl adjacent to an activating group) is 2. The Morgan fingerprint density at radius 2 is 1.12 bits per heavy atom. The quantitative estimate of drug-likeness (QED) is 0.579. The number of amides is 1. The molecule has 4 atom stereocenters. The summed E-state index contributed by atoms with van der Waals surface area (Å²) >= 11 is 0. The van der Waals surface area contributed by atoms with Crippen molar-refractivity contribution in [3.8, 4) is 0 Å². The number of hydrogen-bond donors (Lipinski definition) is 1. The van der Waals surface area contributed by atoms with E-state index in [4.69, 9.17) is 4.74 Å². The average Bonchev–Trinajstić information content (AvgIpc) is 2.91. The van der Waals surface area contributed by atoms with Gasteiger partial charge in [0.15, 0.2) is 0 Å². The zero-order valence-corrected chi connectivity index (χ0v) is 26.3. The van der Waals surface area contributed by atoms with Crippen molar-refractivity contribution in [1.82, 2.24) is 29.8 Å². The molecule has 0 spiro atoms. The largest absolute Gasteiger partial charge is 0.444 e. The van der Waals surface area contributed by atoms with Crippen molar-refractivity contribution in [2.24, 2.45) is 0 Å². The van der Waals surface area contributed by atoms with Crippen LogP contribution in [0.3, 0.4) is 0 Å². The molecule has 4 heterocycles. The number of carbonyl (C=O) groups is 1. The second kappa shape index (κ2) is 13.6. The third-order valence-corrected chi connectivity index (χ3v) is 8.80. The number of rotatable bonds is 4. The van der Waals surface area contributed by atoms with Crippen molar-refractivity contribution in [2.45, 2.75) is 63.6 Å². The Hall–Kier alpha value is -2.63. The van der Waals surface area contributed by atoms with E-state index in [0.717, 1.165) is 57.9 Å². The molecule has 10 heteroatoms. The molecule has 0 saturated carbocycles. The van der Waals surface area contributed by atoms with E-state index >= 15 is 0 Å². The fourth-order valence-corrected chi connectivity index (χ4v) is 6.89. The molecule has 43 heavy (non-hydrogen) atoms. The molecule has 2 aromatic rings. The van der Waals surface area contributed by atoms with Gasteiger partial charge in [-0.05, 0) is 70.3 Å². The first kappa shape index (κ1) is 31.8. The van der Waals surface area contributed by atoms with Crippen molar-refractivity contribution >= 4 is 6.09 Å². The predicted octanol–water partition coefficient (Wildman–Crippen LogP) is 3.47. The van der Waals surface area contributed by atoms with Crippen LogP contribution < -0.4 is 5.32 Å². The molecule has 1 N–H and O–H groups in total. The van der Waals surface area contributed by atoms with E-state index in [1.807, 2.05) is 49.9 Å². The zero-order chi connectivity index (χ0) is 30.7. The summed E-state index contributed by atoms with van der Waals surface area (Å²) in [6.45, 7) is 14.9. The summed E-state index contributed by atoms with van der Waals surface area (Å²) in [6.07, 6.45) is -0.228. The summed E-state index contributed by atoms with van der Waals surface area (Å²) in [5.74, 6) is -0.364. The van der Waals surface area contributed by atoms with Crippen molar-refractivity contribution < 1.29 is 18.3 Å². The van der Waals surface area contributed by atoms with Gasteiger partial charge in [-0.1, -0.05) is 24.3 Å². The summed E-state index contributed by atoms with van der Waals surface area (Å²) < 4.78 is 31.6. The van der Waals surface area contributed by atoms with Crippen molar-refractivity contribution in [3.63, 3.8) is 0 Å². The number of fused-ring (bicyclic) bond motifs is 4. The van der Waals surface area contributed by atoms with Gasteiger partial charge in [0.1, 0.15) is 17.2 Å². The van der Waals surface area contributed by atoms with Crippen molar-refractivity contribution in [2.75, 3.05) is 66.5 Å². The molecule has 236 valence electrons. The van der Waals surface area contributed by atoms with E-state index in [9.17, 15) is 13.6 Å². The molecule has 1 amide bonds. The van der Waals surface area contributed by atoms with Crippen LogP contribution in [0.5, 0.6) is 0 Å². The Bertz CT molecular complexity index is 1180. The Morgan fingerprint density at radius 1 is 0.721 bits per heavy atom. The summed E-state index contributed by atoms with van der Waals surface area (Å²) in [5.41, 5.74) is 1.83. The third-order valence-electron chi connectivity index (χ3n) is 8.80. The molecule has 2 aromatic carbocycles. The van der Waals surface area contributed by atoms with Gasteiger partial charge in [-0.3, -0.25) is 9.80 Å². The third kappa shape index (κ3) is 8.51. The summed E-state index contributed by atoms with van der Waals surface area (Å²) in [4.78, 5) is 24.1. The van der Waals surface area contributed by atoms with Gasteiger partial charge >= 0.3 is 6.09 Å². The highest BCUT2D eigenvalue weighted by molar-refractivity contribution is 5.68. The first-order valence-electron chi connectivity index (χ1n) is 15.5. The van der Waals surface area contributed by atoms with Crippen molar-refractivity contribution in [1.29, 1.82) is 0 Å². The van der Waals surface area contributed by atoms with Crippen LogP contribution in [-0.4, -0.2) is 127 Å².